The number of ether oxygens (including phenoxy) is 2. The van der Waals surface area contributed by atoms with E-state index in [9.17, 15) is 4.39 Å². The zero-order valence-electron chi connectivity index (χ0n) is 11.8. The van der Waals surface area contributed by atoms with Gasteiger partial charge in [-0.15, -0.1) is 0 Å². The summed E-state index contributed by atoms with van der Waals surface area (Å²) in [4.78, 5) is 4.42. The molecule has 0 saturated carbocycles. The van der Waals surface area contributed by atoms with Crippen molar-refractivity contribution in [3.05, 3.63) is 54.5 Å². The number of rotatable bonds is 3. The van der Waals surface area contributed by atoms with Crippen molar-refractivity contribution in [2.24, 2.45) is 0 Å². The third-order valence-corrected chi connectivity index (χ3v) is 3.40. The molecule has 0 aliphatic rings. The van der Waals surface area contributed by atoms with Gasteiger partial charge in [0.2, 0.25) is 0 Å². The van der Waals surface area contributed by atoms with Crippen molar-refractivity contribution in [2.75, 3.05) is 14.2 Å². The number of hydrogen-bond donors (Lipinski definition) is 0. The van der Waals surface area contributed by atoms with E-state index in [1.165, 1.54) is 12.1 Å². The summed E-state index contributed by atoms with van der Waals surface area (Å²) in [7, 11) is 3.21. The van der Waals surface area contributed by atoms with Crippen LogP contribution in [0.2, 0.25) is 0 Å². The summed E-state index contributed by atoms with van der Waals surface area (Å²) in [6.45, 7) is 0. The average molecular weight is 283 g/mol. The SMILES string of the molecule is COc1ccc2c(-c3ccc(F)cc3)nccc2c1OC. The van der Waals surface area contributed by atoms with Gasteiger partial charge in [-0.3, -0.25) is 4.98 Å². The van der Waals surface area contributed by atoms with Gasteiger partial charge >= 0.3 is 0 Å². The predicted octanol–water partition coefficient (Wildman–Crippen LogP) is 4.06. The molecule has 3 aromatic rings. The third-order valence-electron chi connectivity index (χ3n) is 3.40. The molecule has 0 bridgehead atoms. The van der Waals surface area contributed by atoms with Gasteiger partial charge in [0.25, 0.3) is 0 Å². The zero-order chi connectivity index (χ0) is 14.8. The van der Waals surface area contributed by atoms with E-state index in [0.29, 0.717) is 11.5 Å². The van der Waals surface area contributed by atoms with E-state index in [0.717, 1.165) is 22.0 Å². The smallest absolute Gasteiger partial charge is 0.168 e. The summed E-state index contributed by atoms with van der Waals surface area (Å²) < 4.78 is 23.8. The Balaban J connectivity index is 2.28. The molecule has 0 aliphatic heterocycles. The maximum atomic E-state index is 13.1. The summed E-state index contributed by atoms with van der Waals surface area (Å²) in [5.74, 6) is 1.07. The molecule has 0 atom stereocenters. The first-order chi connectivity index (χ1) is 10.2. The van der Waals surface area contributed by atoms with Crippen LogP contribution in [0.15, 0.2) is 48.7 Å². The van der Waals surface area contributed by atoms with Crippen molar-refractivity contribution in [3.63, 3.8) is 0 Å². The molecule has 0 amide bonds. The van der Waals surface area contributed by atoms with Crippen molar-refractivity contribution in [2.45, 2.75) is 0 Å². The Morgan fingerprint density at radius 1 is 0.857 bits per heavy atom. The lowest BCUT2D eigenvalue weighted by Crippen LogP contribution is -1.93. The molecule has 0 unspecified atom stereocenters. The average Bonchev–Trinajstić information content (AvgIpc) is 2.53. The molecule has 2 aromatic carbocycles. The number of fused-ring (bicyclic) bond motifs is 1. The Labute approximate surface area is 122 Å². The molecule has 106 valence electrons. The fourth-order valence-electron chi connectivity index (χ4n) is 2.42. The molecule has 1 heterocycles. The van der Waals surface area contributed by atoms with Crippen LogP contribution in [-0.2, 0) is 0 Å². The Kier molecular flexibility index (Phi) is 3.44. The fourth-order valence-corrected chi connectivity index (χ4v) is 2.42. The Morgan fingerprint density at radius 2 is 1.62 bits per heavy atom. The Bertz CT molecular complexity index is 785. The molecule has 1 aromatic heterocycles. The van der Waals surface area contributed by atoms with Gasteiger partial charge in [0.1, 0.15) is 5.82 Å². The highest BCUT2D eigenvalue weighted by molar-refractivity contribution is 5.99. The molecule has 0 N–H and O–H groups in total. The van der Waals surface area contributed by atoms with Crippen LogP contribution in [0.25, 0.3) is 22.0 Å². The monoisotopic (exact) mass is 283 g/mol. The lowest BCUT2D eigenvalue weighted by Gasteiger charge is -2.12. The van der Waals surface area contributed by atoms with Gasteiger partial charge in [-0.2, -0.15) is 0 Å². The lowest BCUT2D eigenvalue weighted by molar-refractivity contribution is 0.358. The highest BCUT2D eigenvalue weighted by atomic mass is 19.1. The zero-order valence-corrected chi connectivity index (χ0v) is 11.8. The Morgan fingerprint density at radius 3 is 2.29 bits per heavy atom. The van der Waals surface area contributed by atoms with Gasteiger partial charge < -0.3 is 9.47 Å². The van der Waals surface area contributed by atoms with E-state index in [2.05, 4.69) is 4.98 Å². The van der Waals surface area contributed by atoms with Crippen molar-refractivity contribution in [1.82, 2.24) is 4.98 Å². The first-order valence-corrected chi connectivity index (χ1v) is 6.50. The van der Waals surface area contributed by atoms with E-state index in [4.69, 9.17) is 9.47 Å². The van der Waals surface area contributed by atoms with Crippen molar-refractivity contribution < 1.29 is 13.9 Å². The number of halogens is 1. The van der Waals surface area contributed by atoms with Crippen LogP contribution in [0.4, 0.5) is 4.39 Å². The third kappa shape index (κ3) is 2.29. The number of hydrogen-bond acceptors (Lipinski definition) is 3. The molecule has 3 rings (SSSR count). The maximum Gasteiger partial charge on any atom is 0.168 e. The van der Waals surface area contributed by atoms with E-state index >= 15 is 0 Å². The first-order valence-electron chi connectivity index (χ1n) is 6.50. The van der Waals surface area contributed by atoms with Crippen LogP contribution in [0.1, 0.15) is 0 Å². The number of nitrogens with zero attached hydrogens (tertiary/aromatic N) is 1. The van der Waals surface area contributed by atoms with Crippen LogP contribution < -0.4 is 9.47 Å². The summed E-state index contributed by atoms with van der Waals surface area (Å²) in [5, 5.41) is 1.84. The normalized spacial score (nSPS) is 10.6. The van der Waals surface area contributed by atoms with Gasteiger partial charge in [-0.05, 0) is 42.5 Å². The van der Waals surface area contributed by atoms with E-state index in [1.54, 1.807) is 32.5 Å². The Hall–Kier alpha value is -2.62. The van der Waals surface area contributed by atoms with Gasteiger partial charge in [-0.1, -0.05) is 0 Å². The molecule has 0 saturated heterocycles. The number of methoxy groups -OCH3 is 2. The van der Waals surface area contributed by atoms with Crippen LogP contribution in [0.3, 0.4) is 0 Å². The predicted molar refractivity (Wildman–Crippen MR) is 80.2 cm³/mol. The summed E-state index contributed by atoms with van der Waals surface area (Å²) >= 11 is 0. The standard InChI is InChI=1S/C17H14FNO2/c1-20-15-8-7-13-14(17(15)21-2)9-10-19-16(13)11-3-5-12(18)6-4-11/h3-10H,1-2H3. The minimum Gasteiger partial charge on any atom is -0.493 e. The maximum absolute atomic E-state index is 13.1. The second kappa shape index (κ2) is 5.40. The quantitative estimate of drug-likeness (QED) is 0.726. The van der Waals surface area contributed by atoms with Crippen LogP contribution in [0.5, 0.6) is 11.5 Å². The molecule has 0 radical (unpaired) electrons. The summed E-state index contributed by atoms with van der Waals surface area (Å²) in [6, 6.07) is 11.9. The van der Waals surface area contributed by atoms with Gasteiger partial charge in [0, 0.05) is 22.5 Å². The highest BCUT2D eigenvalue weighted by Gasteiger charge is 2.12. The largest absolute Gasteiger partial charge is 0.493 e. The molecule has 0 fully saturated rings. The lowest BCUT2D eigenvalue weighted by atomic mass is 10.0. The second-order valence-corrected chi connectivity index (χ2v) is 4.56. The highest BCUT2D eigenvalue weighted by Crippen LogP contribution is 2.38. The van der Waals surface area contributed by atoms with Gasteiger partial charge in [0.05, 0.1) is 19.9 Å². The number of pyridine rings is 1. The minimum absolute atomic E-state index is 0.266. The molecule has 4 heteroatoms. The van der Waals surface area contributed by atoms with Crippen LogP contribution >= 0.6 is 0 Å². The second-order valence-electron chi connectivity index (χ2n) is 4.56. The van der Waals surface area contributed by atoms with Crippen LogP contribution in [-0.4, -0.2) is 19.2 Å². The van der Waals surface area contributed by atoms with Crippen molar-refractivity contribution in [3.8, 4) is 22.8 Å². The van der Waals surface area contributed by atoms with E-state index in [-0.39, 0.29) is 5.82 Å². The van der Waals surface area contributed by atoms with Gasteiger partial charge in [-0.25, -0.2) is 4.39 Å². The molecule has 3 nitrogen and oxygen atoms in total. The topological polar surface area (TPSA) is 31.4 Å². The first kappa shape index (κ1) is 13.4. The van der Waals surface area contributed by atoms with Gasteiger partial charge in [0.15, 0.2) is 11.5 Å². The van der Waals surface area contributed by atoms with E-state index < -0.39 is 0 Å². The number of benzene rings is 2. The van der Waals surface area contributed by atoms with E-state index in [1.807, 2.05) is 18.2 Å². The summed E-state index contributed by atoms with van der Waals surface area (Å²) in [5.41, 5.74) is 1.64. The molecule has 21 heavy (non-hydrogen) atoms. The fraction of sp³-hybridized carbons (Fsp3) is 0.118. The van der Waals surface area contributed by atoms with Crippen LogP contribution in [0, 0.1) is 5.82 Å². The van der Waals surface area contributed by atoms with Crippen molar-refractivity contribution in [1.29, 1.82) is 0 Å². The number of aromatic nitrogens is 1. The molecular formula is C17H14FNO2. The molecular weight excluding hydrogens is 269 g/mol. The molecule has 0 spiro atoms. The molecule has 0 aliphatic carbocycles. The minimum atomic E-state index is -0.266. The summed E-state index contributed by atoms with van der Waals surface area (Å²) in [6.07, 6.45) is 1.71. The van der Waals surface area contributed by atoms with Crippen molar-refractivity contribution >= 4 is 10.8 Å².